The highest BCUT2D eigenvalue weighted by molar-refractivity contribution is 6.08. The average Bonchev–Trinajstić information content (AvgIpc) is 2.90. The summed E-state index contributed by atoms with van der Waals surface area (Å²) in [5, 5.41) is 0.478. The number of hydrogen-bond acceptors (Lipinski definition) is 5. The van der Waals surface area contributed by atoms with Gasteiger partial charge >= 0.3 is 5.97 Å². The number of nitrogens with two attached hydrogens (primary N) is 1. The number of nitrogens with one attached hydrogen (secondary N) is 1. The Balaban J connectivity index is 2.25. The van der Waals surface area contributed by atoms with Crippen molar-refractivity contribution in [1.82, 2.24) is 15.0 Å². The number of ether oxygens (including phenoxy) is 1. The van der Waals surface area contributed by atoms with E-state index in [1.165, 1.54) is 24.7 Å². The van der Waals surface area contributed by atoms with Gasteiger partial charge in [-0.2, -0.15) is 0 Å². The van der Waals surface area contributed by atoms with Crippen molar-refractivity contribution in [2.24, 2.45) is 0 Å². The second-order valence-electron chi connectivity index (χ2n) is 4.64. The van der Waals surface area contributed by atoms with Gasteiger partial charge in [0, 0.05) is 17.4 Å². The lowest BCUT2D eigenvalue weighted by molar-refractivity contribution is 0.0528. The van der Waals surface area contributed by atoms with Crippen molar-refractivity contribution in [3.05, 3.63) is 42.1 Å². The minimum Gasteiger partial charge on any atom is -0.462 e. The van der Waals surface area contributed by atoms with Gasteiger partial charge in [0.15, 0.2) is 0 Å². The number of aromatic nitrogens is 3. The first-order valence-corrected chi connectivity index (χ1v) is 6.65. The van der Waals surface area contributed by atoms with Gasteiger partial charge in [-0.15, -0.1) is 0 Å². The molecule has 0 fully saturated rings. The number of fused-ring (bicyclic) bond motifs is 1. The highest BCUT2D eigenvalue weighted by Crippen LogP contribution is 2.30. The van der Waals surface area contributed by atoms with Crippen LogP contribution in [0.3, 0.4) is 0 Å². The number of nitrogens with zero attached hydrogens (tertiary/aromatic N) is 2. The molecular formula is C15H13FN4O2. The van der Waals surface area contributed by atoms with Crippen LogP contribution < -0.4 is 5.73 Å². The summed E-state index contributed by atoms with van der Waals surface area (Å²) in [6.07, 6.45) is 2.84. The molecule has 112 valence electrons. The van der Waals surface area contributed by atoms with Gasteiger partial charge in [0.25, 0.3) is 0 Å². The van der Waals surface area contributed by atoms with E-state index < -0.39 is 11.8 Å². The molecule has 0 spiro atoms. The van der Waals surface area contributed by atoms with Crippen molar-refractivity contribution in [1.29, 1.82) is 0 Å². The number of benzene rings is 1. The summed E-state index contributed by atoms with van der Waals surface area (Å²) >= 11 is 0. The van der Waals surface area contributed by atoms with Crippen LogP contribution in [0, 0.1) is 5.82 Å². The van der Waals surface area contributed by atoms with Gasteiger partial charge < -0.3 is 15.5 Å². The van der Waals surface area contributed by atoms with Crippen LogP contribution in [-0.2, 0) is 4.74 Å². The fourth-order valence-corrected chi connectivity index (χ4v) is 2.30. The number of nitrogen functional groups attached to an aromatic ring is 1. The predicted octanol–water partition coefficient (Wildman–Crippen LogP) is 2.52. The molecule has 6 nitrogen and oxygen atoms in total. The lowest BCUT2D eigenvalue weighted by Gasteiger charge is -2.06. The van der Waals surface area contributed by atoms with E-state index in [1.807, 2.05) is 0 Å². The lowest BCUT2D eigenvalue weighted by atomic mass is 10.1. The molecule has 0 aliphatic carbocycles. The monoisotopic (exact) mass is 300 g/mol. The van der Waals surface area contributed by atoms with E-state index in [0.29, 0.717) is 27.9 Å². The molecule has 0 atom stereocenters. The summed E-state index contributed by atoms with van der Waals surface area (Å²) in [5.41, 5.74) is 7.61. The molecule has 3 N–H and O–H groups in total. The standard InChI is InChI=1S/C15H13FN4O2/c1-2-22-15(21)11-6-18-14-12(11)13(19-7-20-14)8-3-9(16)5-10(17)4-8/h3-7H,2,17H2,1H3,(H,18,19,20). The highest BCUT2D eigenvalue weighted by Gasteiger charge is 2.19. The van der Waals surface area contributed by atoms with Crippen LogP contribution >= 0.6 is 0 Å². The Morgan fingerprint density at radius 2 is 2.18 bits per heavy atom. The third kappa shape index (κ3) is 2.37. The number of anilines is 1. The number of aromatic amines is 1. The average molecular weight is 300 g/mol. The summed E-state index contributed by atoms with van der Waals surface area (Å²) in [5.74, 6) is -0.968. The van der Waals surface area contributed by atoms with Gasteiger partial charge in [-0.25, -0.2) is 19.2 Å². The quantitative estimate of drug-likeness (QED) is 0.572. The Hall–Kier alpha value is -2.96. The zero-order valence-electron chi connectivity index (χ0n) is 11.8. The van der Waals surface area contributed by atoms with Crippen LogP contribution in [0.2, 0.25) is 0 Å². The van der Waals surface area contributed by atoms with E-state index in [0.717, 1.165) is 0 Å². The summed E-state index contributed by atoms with van der Waals surface area (Å²) < 4.78 is 18.6. The Morgan fingerprint density at radius 3 is 2.91 bits per heavy atom. The molecule has 22 heavy (non-hydrogen) atoms. The topological polar surface area (TPSA) is 93.9 Å². The molecule has 0 saturated carbocycles. The molecule has 1 aromatic carbocycles. The summed E-state index contributed by atoms with van der Waals surface area (Å²) in [7, 11) is 0. The Kier molecular flexibility index (Phi) is 3.46. The van der Waals surface area contributed by atoms with E-state index in [2.05, 4.69) is 15.0 Å². The second kappa shape index (κ2) is 5.44. The van der Waals surface area contributed by atoms with Crippen LogP contribution in [0.5, 0.6) is 0 Å². The maximum atomic E-state index is 13.6. The summed E-state index contributed by atoms with van der Waals surface area (Å²) in [6.45, 7) is 1.97. The predicted molar refractivity (Wildman–Crippen MR) is 79.7 cm³/mol. The molecule has 0 saturated heterocycles. The van der Waals surface area contributed by atoms with Crippen molar-refractivity contribution in [2.75, 3.05) is 12.3 Å². The number of carbonyl (C=O) groups excluding carboxylic acids is 1. The second-order valence-corrected chi connectivity index (χ2v) is 4.64. The van der Waals surface area contributed by atoms with E-state index in [1.54, 1.807) is 13.0 Å². The fourth-order valence-electron chi connectivity index (χ4n) is 2.30. The van der Waals surface area contributed by atoms with E-state index in [-0.39, 0.29) is 12.3 Å². The minimum absolute atomic E-state index is 0.251. The van der Waals surface area contributed by atoms with Crippen molar-refractivity contribution >= 4 is 22.7 Å². The molecule has 0 unspecified atom stereocenters. The molecule has 0 aliphatic heterocycles. The Labute approximate surface area is 125 Å². The van der Waals surface area contributed by atoms with Gasteiger partial charge in [-0.05, 0) is 25.1 Å². The van der Waals surface area contributed by atoms with Gasteiger partial charge in [-0.3, -0.25) is 0 Å². The largest absolute Gasteiger partial charge is 0.462 e. The maximum absolute atomic E-state index is 13.6. The molecule has 0 radical (unpaired) electrons. The van der Waals surface area contributed by atoms with Crippen LogP contribution in [0.15, 0.2) is 30.7 Å². The summed E-state index contributed by atoms with van der Waals surface area (Å²) in [4.78, 5) is 23.2. The number of hydrogen-bond donors (Lipinski definition) is 2. The minimum atomic E-state index is -0.492. The zero-order valence-corrected chi connectivity index (χ0v) is 11.8. The van der Waals surface area contributed by atoms with E-state index in [9.17, 15) is 9.18 Å². The first-order valence-electron chi connectivity index (χ1n) is 6.65. The van der Waals surface area contributed by atoms with Crippen LogP contribution in [-0.4, -0.2) is 27.5 Å². The fraction of sp³-hybridized carbons (Fsp3) is 0.133. The molecule has 0 amide bonds. The molecule has 3 aromatic rings. The number of H-pyrrole nitrogens is 1. The molecule has 7 heteroatoms. The number of esters is 1. The van der Waals surface area contributed by atoms with Crippen LogP contribution in [0.1, 0.15) is 17.3 Å². The highest BCUT2D eigenvalue weighted by atomic mass is 19.1. The van der Waals surface area contributed by atoms with Crippen LogP contribution in [0.4, 0.5) is 10.1 Å². The van der Waals surface area contributed by atoms with E-state index >= 15 is 0 Å². The first-order chi connectivity index (χ1) is 10.6. The Morgan fingerprint density at radius 1 is 1.36 bits per heavy atom. The van der Waals surface area contributed by atoms with Gasteiger partial charge in [0.2, 0.25) is 0 Å². The molecule has 0 bridgehead atoms. The normalized spacial score (nSPS) is 10.8. The number of rotatable bonds is 3. The third-order valence-corrected chi connectivity index (χ3v) is 3.16. The molecule has 3 rings (SSSR count). The first kappa shape index (κ1) is 14.0. The lowest BCUT2D eigenvalue weighted by Crippen LogP contribution is -2.04. The van der Waals surface area contributed by atoms with Gasteiger partial charge in [0.1, 0.15) is 17.8 Å². The van der Waals surface area contributed by atoms with Crippen molar-refractivity contribution in [3.8, 4) is 11.3 Å². The molecule has 2 heterocycles. The van der Waals surface area contributed by atoms with Crippen molar-refractivity contribution in [3.63, 3.8) is 0 Å². The smallest absolute Gasteiger partial charge is 0.340 e. The molecular weight excluding hydrogens is 287 g/mol. The van der Waals surface area contributed by atoms with Crippen molar-refractivity contribution in [2.45, 2.75) is 6.92 Å². The van der Waals surface area contributed by atoms with Gasteiger partial charge in [0.05, 0.1) is 23.3 Å². The maximum Gasteiger partial charge on any atom is 0.340 e. The zero-order chi connectivity index (χ0) is 15.7. The van der Waals surface area contributed by atoms with Crippen molar-refractivity contribution < 1.29 is 13.9 Å². The SMILES string of the molecule is CCOC(=O)c1c[nH]c2ncnc(-c3cc(N)cc(F)c3)c12. The van der Waals surface area contributed by atoms with Crippen LogP contribution in [0.25, 0.3) is 22.3 Å². The summed E-state index contributed by atoms with van der Waals surface area (Å²) in [6, 6.07) is 4.11. The third-order valence-electron chi connectivity index (χ3n) is 3.16. The van der Waals surface area contributed by atoms with E-state index in [4.69, 9.17) is 10.5 Å². The van der Waals surface area contributed by atoms with Gasteiger partial charge in [-0.1, -0.05) is 0 Å². The molecule has 0 aliphatic rings. The molecule has 2 aromatic heterocycles. The Bertz CT molecular complexity index is 840. The number of halogens is 1. The number of carbonyl (C=O) groups is 1.